The number of aromatic nitrogens is 1. The van der Waals surface area contributed by atoms with Gasteiger partial charge in [-0.05, 0) is 54.1 Å². The lowest BCUT2D eigenvalue weighted by Gasteiger charge is -2.26. The molecule has 1 aliphatic rings. The Morgan fingerprint density at radius 2 is 1.77 bits per heavy atom. The molecule has 4 aromatic rings. The van der Waals surface area contributed by atoms with Gasteiger partial charge in [-0.25, -0.2) is 13.4 Å². The van der Waals surface area contributed by atoms with E-state index < -0.39 is 10.0 Å². The number of rotatable bonds is 7. The maximum absolute atomic E-state index is 13.0. The second-order valence-electron chi connectivity index (χ2n) is 7.92. The molecule has 2 aromatic carbocycles. The first-order valence-electron chi connectivity index (χ1n) is 11.1. The van der Waals surface area contributed by atoms with Crippen LogP contribution in [0.4, 0.5) is 5.69 Å². The fraction of sp³-hybridized carbons (Fsp3) is 0.240. The molecule has 1 fully saturated rings. The van der Waals surface area contributed by atoms with Crippen molar-refractivity contribution in [2.75, 3.05) is 33.4 Å². The summed E-state index contributed by atoms with van der Waals surface area (Å²) in [7, 11) is -1.92. The molecule has 2 aromatic heterocycles. The minimum Gasteiger partial charge on any atom is -0.497 e. The molecule has 0 amide bonds. The van der Waals surface area contributed by atoms with Crippen molar-refractivity contribution in [3.63, 3.8) is 0 Å². The van der Waals surface area contributed by atoms with E-state index in [2.05, 4.69) is 4.57 Å². The monoisotopic (exact) mass is 511 g/mol. The van der Waals surface area contributed by atoms with Crippen molar-refractivity contribution in [3.05, 3.63) is 82.9 Å². The van der Waals surface area contributed by atoms with Crippen molar-refractivity contribution >= 4 is 27.0 Å². The smallest absolute Gasteiger partial charge is 0.243 e. The average Bonchev–Trinajstić information content (AvgIpc) is 3.56. The van der Waals surface area contributed by atoms with E-state index in [-0.39, 0.29) is 4.90 Å². The third-order valence-electron chi connectivity index (χ3n) is 5.75. The van der Waals surface area contributed by atoms with Crippen LogP contribution >= 0.6 is 11.3 Å². The van der Waals surface area contributed by atoms with E-state index in [0.29, 0.717) is 32.8 Å². The highest BCUT2D eigenvalue weighted by Crippen LogP contribution is 2.26. The Hall–Kier alpha value is -3.18. The summed E-state index contributed by atoms with van der Waals surface area (Å²) in [5, 5.41) is 2.02. The lowest BCUT2D eigenvalue weighted by molar-refractivity contribution is 0.0730. The van der Waals surface area contributed by atoms with Crippen LogP contribution in [0.5, 0.6) is 5.75 Å². The lowest BCUT2D eigenvalue weighted by Crippen LogP contribution is -2.40. The standard InChI is InChI=1S/C25H25N3O5S2/c1-31-21-8-6-20(7-9-21)26-25-28(17-22-3-2-14-33-22)24(18-34-25)19-4-10-23(11-5-19)35(29,30)27-12-15-32-16-13-27/h2-11,14,18H,12-13,15-17H2,1H3. The Morgan fingerprint density at radius 3 is 2.43 bits per heavy atom. The van der Waals surface area contributed by atoms with Crippen molar-refractivity contribution in [3.8, 4) is 17.0 Å². The summed E-state index contributed by atoms with van der Waals surface area (Å²) in [6.45, 7) is 2.07. The number of sulfonamides is 1. The number of methoxy groups -OCH3 is 1. The van der Waals surface area contributed by atoms with Gasteiger partial charge in [-0.2, -0.15) is 4.31 Å². The number of benzene rings is 2. The Labute approximate surface area is 207 Å². The number of thiazole rings is 1. The largest absolute Gasteiger partial charge is 0.497 e. The maximum Gasteiger partial charge on any atom is 0.243 e. The van der Waals surface area contributed by atoms with E-state index >= 15 is 0 Å². The molecule has 0 radical (unpaired) electrons. The van der Waals surface area contributed by atoms with Crippen molar-refractivity contribution < 1.29 is 22.3 Å². The fourth-order valence-electron chi connectivity index (χ4n) is 3.86. The van der Waals surface area contributed by atoms with E-state index in [1.54, 1.807) is 25.5 Å². The van der Waals surface area contributed by atoms with Crippen molar-refractivity contribution in [2.24, 2.45) is 4.99 Å². The molecular formula is C25H25N3O5S2. The van der Waals surface area contributed by atoms with Crippen LogP contribution in [0.15, 0.2) is 86.6 Å². The number of ether oxygens (including phenoxy) is 2. The number of hydrogen-bond acceptors (Lipinski definition) is 7. The first-order chi connectivity index (χ1) is 17.0. The molecule has 1 aliphatic heterocycles. The maximum atomic E-state index is 13.0. The Kier molecular flexibility index (Phi) is 6.87. The summed E-state index contributed by atoms with van der Waals surface area (Å²) in [4.78, 5) is 5.91. The lowest BCUT2D eigenvalue weighted by atomic mass is 10.2. The number of nitrogens with zero attached hydrogens (tertiary/aromatic N) is 3. The molecule has 35 heavy (non-hydrogen) atoms. The highest BCUT2D eigenvalue weighted by molar-refractivity contribution is 7.89. The molecule has 0 bridgehead atoms. The highest BCUT2D eigenvalue weighted by atomic mass is 32.2. The van der Waals surface area contributed by atoms with Crippen LogP contribution in [0, 0.1) is 0 Å². The normalized spacial score (nSPS) is 15.4. The summed E-state index contributed by atoms with van der Waals surface area (Å²) >= 11 is 1.51. The second-order valence-corrected chi connectivity index (χ2v) is 10.7. The van der Waals surface area contributed by atoms with Gasteiger partial charge in [0.15, 0.2) is 4.80 Å². The van der Waals surface area contributed by atoms with Crippen molar-refractivity contribution in [2.45, 2.75) is 11.4 Å². The van der Waals surface area contributed by atoms with E-state index in [9.17, 15) is 8.42 Å². The number of furan rings is 1. The van der Waals surface area contributed by atoms with Gasteiger partial charge in [0.25, 0.3) is 0 Å². The first kappa shape index (κ1) is 23.6. The average molecular weight is 512 g/mol. The van der Waals surface area contributed by atoms with Gasteiger partial charge in [0.05, 0.1) is 49.4 Å². The van der Waals surface area contributed by atoms with Gasteiger partial charge in [0, 0.05) is 18.5 Å². The van der Waals surface area contributed by atoms with E-state index in [1.807, 2.05) is 53.9 Å². The van der Waals surface area contributed by atoms with E-state index in [0.717, 1.165) is 33.3 Å². The van der Waals surface area contributed by atoms with E-state index in [4.69, 9.17) is 18.9 Å². The third kappa shape index (κ3) is 5.10. The molecule has 0 aliphatic carbocycles. The third-order valence-corrected chi connectivity index (χ3v) is 8.52. The van der Waals surface area contributed by atoms with Crippen LogP contribution in [-0.4, -0.2) is 50.7 Å². The Balaban J connectivity index is 1.51. The fourth-order valence-corrected chi connectivity index (χ4v) is 6.20. The molecule has 0 N–H and O–H groups in total. The zero-order valence-corrected chi connectivity index (χ0v) is 20.8. The molecule has 0 atom stereocenters. The molecule has 182 valence electrons. The van der Waals surface area contributed by atoms with Gasteiger partial charge in [0.1, 0.15) is 11.5 Å². The summed E-state index contributed by atoms with van der Waals surface area (Å²) in [5.74, 6) is 1.57. The predicted octanol–water partition coefficient (Wildman–Crippen LogP) is 4.12. The predicted molar refractivity (Wildman–Crippen MR) is 133 cm³/mol. The van der Waals surface area contributed by atoms with Gasteiger partial charge in [-0.3, -0.25) is 0 Å². The van der Waals surface area contributed by atoms with Gasteiger partial charge < -0.3 is 18.5 Å². The number of morpholine rings is 1. The summed E-state index contributed by atoms with van der Waals surface area (Å²) < 4.78 is 45.7. The molecule has 1 saturated heterocycles. The molecule has 0 spiro atoms. The topological polar surface area (TPSA) is 86.3 Å². The molecule has 3 heterocycles. The zero-order valence-electron chi connectivity index (χ0n) is 19.2. The van der Waals surface area contributed by atoms with Crippen LogP contribution in [0.2, 0.25) is 0 Å². The molecule has 10 heteroatoms. The molecule has 8 nitrogen and oxygen atoms in total. The molecule has 5 rings (SSSR count). The van der Waals surface area contributed by atoms with Gasteiger partial charge in [-0.15, -0.1) is 11.3 Å². The molecule has 0 saturated carbocycles. The second kappa shape index (κ2) is 10.2. The SMILES string of the molecule is COc1ccc(N=c2scc(-c3ccc(S(=O)(=O)N4CCOCC4)cc3)n2Cc2ccco2)cc1. The van der Waals surface area contributed by atoms with Crippen LogP contribution < -0.4 is 9.54 Å². The van der Waals surface area contributed by atoms with Crippen molar-refractivity contribution in [1.29, 1.82) is 0 Å². The summed E-state index contributed by atoms with van der Waals surface area (Å²) in [6, 6.07) is 18.3. The minimum atomic E-state index is -3.55. The van der Waals surface area contributed by atoms with Gasteiger partial charge in [-0.1, -0.05) is 12.1 Å². The Bertz CT molecular complexity index is 1430. The van der Waals surface area contributed by atoms with Gasteiger partial charge >= 0.3 is 0 Å². The zero-order chi connectivity index (χ0) is 24.3. The van der Waals surface area contributed by atoms with Crippen LogP contribution in [0.25, 0.3) is 11.3 Å². The summed E-state index contributed by atoms with van der Waals surface area (Å²) in [5.41, 5.74) is 2.62. The molecule has 0 unspecified atom stereocenters. The van der Waals surface area contributed by atoms with Crippen molar-refractivity contribution in [1.82, 2.24) is 8.87 Å². The van der Waals surface area contributed by atoms with Gasteiger partial charge in [0.2, 0.25) is 10.0 Å². The van der Waals surface area contributed by atoms with E-state index in [1.165, 1.54) is 15.6 Å². The summed E-state index contributed by atoms with van der Waals surface area (Å²) in [6.07, 6.45) is 1.65. The first-order valence-corrected chi connectivity index (χ1v) is 13.4. The Morgan fingerprint density at radius 1 is 1.03 bits per heavy atom. The quantitative estimate of drug-likeness (QED) is 0.373. The van der Waals surface area contributed by atoms with Crippen LogP contribution in [0.3, 0.4) is 0 Å². The van der Waals surface area contributed by atoms with Crippen LogP contribution in [0.1, 0.15) is 5.76 Å². The number of hydrogen-bond donors (Lipinski definition) is 0. The highest BCUT2D eigenvalue weighted by Gasteiger charge is 2.26. The molecular weight excluding hydrogens is 486 g/mol. The minimum absolute atomic E-state index is 0.277. The van der Waals surface area contributed by atoms with Crippen LogP contribution in [-0.2, 0) is 21.3 Å².